The molecule has 2 rings (SSSR count). The molecule has 0 bridgehead atoms. The number of hydrogen-bond donors (Lipinski definition) is 1. The van der Waals surface area contributed by atoms with Gasteiger partial charge in [-0.3, -0.25) is 4.90 Å². The number of nitrogen functional groups attached to an aromatic ring is 1. The molecule has 0 unspecified atom stereocenters. The summed E-state index contributed by atoms with van der Waals surface area (Å²) < 4.78 is 13.8. The summed E-state index contributed by atoms with van der Waals surface area (Å²) in [5.41, 5.74) is 6.58. The van der Waals surface area contributed by atoms with Gasteiger partial charge in [-0.25, -0.2) is 4.39 Å². The van der Waals surface area contributed by atoms with Gasteiger partial charge in [0.25, 0.3) is 0 Å². The lowest BCUT2D eigenvalue weighted by Gasteiger charge is -2.32. The Kier molecular flexibility index (Phi) is 4.59. The van der Waals surface area contributed by atoms with Crippen molar-refractivity contribution >= 4 is 5.69 Å². The average Bonchev–Trinajstić information content (AvgIpc) is 2.38. The normalized spacial score (nSPS) is 18.1. The molecule has 1 aromatic rings. The summed E-state index contributed by atoms with van der Waals surface area (Å²) in [5.74, 6) is 0.630. The summed E-state index contributed by atoms with van der Waals surface area (Å²) in [5, 5.41) is 0. The monoisotopic (exact) mass is 250 g/mol. The number of nitrogens with zero attached hydrogens (tertiary/aromatic N) is 1. The fraction of sp³-hybridized carbons (Fsp3) is 0.600. The van der Waals surface area contributed by atoms with Gasteiger partial charge < -0.3 is 5.73 Å². The molecule has 1 aliphatic heterocycles. The summed E-state index contributed by atoms with van der Waals surface area (Å²) in [6.45, 7) is 5.10. The van der Waals surface area contributed by atoms with Gasteiger partial charge in [-0.05, 0) is 37.9 Å². The summed E-state index contributed by atoms with van der Waals surface area (Å²) in [4.78, 5) is 2.34. The van der Waals surface area contributed by atoms with Gasteiger partial charge in [0.1, 0.15) is 0 Å². The summed E-state index contributed by atoms with van der Waals surface area (Å²) in [6, 6.07) is 5.29. The van der Waals surface area contributed by atoms with Crippen LogP contribution < -0.4 is 5.73 Å². The molecule has 2 nitrogen and oxygen atoms in total. The second-order valence-corrected chi connectivity index (χ2v) is 5.33. The minimum absolute atomic E-state index is 0.242. The maximum Gasteiger partial charge on any atom is 0.150 e. The van der Waals surface area contributed by atoms with Crippen LogP contribution in [0.2, 0.25) is 0 Å². The second-order valence-electron chi connectivity index (χ2n) is 5.33. The molecule has 100 valence electrons. The summed E-state index contributed by atoms with van der Waals surface area (Å²) >= 11 is 0. The molecule has 0 amide bonds. The maximum atomic E-state index is 13.8. The van der Waals surface area contributed by atoms with Gasteiger partial charge in [-0.2, -0.15) is 0 Å². The molecule has 0 atom stereocenters. The average molecular weight is 250 g/mol. The predicted octanol–water partition coefficient (Wildman–Crippen LogP) is 3.42. The van der Waals surface area contributed by atoms with Gasteiger partial charge in [-0.1, -0.05) is 31.9 Å². The van der Waals surface area contributed by atoms with Crippen LogP contribution in [-0.4, -0.2) is 18.0 Å². The Bertz CT molecular complexity index is 384. The Morgan fingerprint density at radius 2 is 2.06 bits per heavy atom. The van der Waals surface area contributed by atoms with Crippen LogP contribution in [0.3, 0.4) is 0 Å². The Balaban J connectivity index is 1.90. The topological polar surface area (TPSA) is 29.3 Å². The van der Waals surface area contributed by atoms with Crippen molar-refractivity contribution in [3.05, 3.63) is 29.6 Å². The second kappa shape index (κ2) is 6.19. The fourth-order valence-corrected chi connectivity index (χ4v) is 2.80. The van der Waals surface area contributed by atoms with Crippen molar-refractivity contribution in [3.8, 4) is 0 Å². The maximum absolute atomic E-state index is 13.8. The van der Waals surface area contributed by atoms with Crippen LogP contribution in [0, 0.1) is 11.7 Å². The third-order valence-corrected chi connectivity index (χ3v) is 3.91. The van der Waals surface area contributed by atoms with Crippen LogP contribution in [0.15, 0.2) is 18.2 Å². The van der Waals surface area contributed by atoms with Gasteiger partial charge in [-0.15, -0.1) is 0 Å². The molecule has 0 saturated carbocycles. The highest BCUT2D eigenvalue weighted by molar-refractivity contribution is 5.42. The first kappa shape index (κ1) is 13.3. The number of likely N-dealkylation sites (tertiary alicyclic amines) is 1. The van der Waals surface area contributed by atoms with E-state index in [4.69, 9.17) is 5.73 Å². The highest BCUT2D eigenvalue weighted by atomic mass is 19.1. The van der Waals surface area contributed by atoms with E-state index in [9.17, 15) is 4.39 Å². The first-order chi connectivity index (χ1) is 8.70. The molecule has 0 radical (unpaired) electrons. The summed E-state index contributed by atoms with van der Waals surface area (Å²) in [7, 11) is 0. The lowest BCUT2D eigenvalue weighted by atomic mass is 9.92. The standard InChI is InChI=1S/C15H23FN2/c1-2-4-12-7-9-18(10-8-12)11-13-5-3-6-14(17)15(13)16/h3,5-6,12H,2,4,7-11,17H2,1H3. The van der Waals surface area contributed by atoms with E-state index in [1.54, 1.807) is 6.07 Å². The molecule has 0 aliphatic carbocycles. The van der Waals surface area contributed by atoms with Crippen LogP contribution in [-0.2, 0) is 6.54 Å². The zero-order valence-electron chi connectivity index (χ0n) is 11.2. The molecular formula is C15H23FN2. The van der Waals surface area contributed by atoms with Crippen molar-refractivity contribution < 1.29 is 4.39 Å². The first-order valence-corrected chi connectivity index (χ1v) is 6.96. The molecule has 1 aromatic carbocycles. The number of benzene rings is 1. The van der Waals surface area contributed by atoms with Crippen LogP contribution in [0.4, 0.5) is 10.1 Å². The number of piperidine rings is 1. The highest BCUT2D eigenvalue weighted by Crippen LogP contribution is 2.24. The number of nitrogens with two attached hydrogens (primary N) is 1. The van der Waals surface area contributed by atoms with Gasteiger partial charge in [0.15, 0.2) is 5.82 Å². The molecule has 0 aromatic heterocycles. The van der Waals surface area contributed by atoms with E-state index < -0.39 is 0 Å². The van der Waals surface area contributed by atoms with E-state index in [1.807, 2.05) is 12.1 Å². The lowest BCUT2D eigenvalue weighted by molar-refractivity contribution is 0.170. The van der Waals surface area contributed by atoms with Crippen LogP contribution >= 0.6 is 0 Å². The van der Waals surface area contributed by atoms with Crippen LogP contribution in [0.25, 0.3) is 0 Å². The predicted molar refractivity (Wildman–Crippen MR) is 73.7 cm³/mol. The van der Waals surface area contributed by atoms with E-state index in [2.05, 4.69) is 11.8 Å². The van der Waals surface area contributed by atoms with Gasteiger partial charge >= 0.3 is 0 Å². The minimum atomic E-state index is -0.242. The Morgan fingerprint density at radius 1 is 1.33 bits per heavy atom. The van der Waals surface area contributed by atoms with Crippen molar-refractivity contribution in [1.82, 2.24) is 4.90 Å². The Labute approximate surface area is 109 Å². The van der Waals surface area contributed by atoms with Gasteiger partial charge in [0.2, 0.25) is 0 Å². The summed E-state index contributed by atoms with van der Waals surface area (Å²) in [6.07, 6.45) is 5.10. The first-order valence-electron chi connectivity index (χ1n) is 6.96. The quantitative estimate of drug-likeness (QED) is 0.830. The number of rotatable bonds is 4. The number of hydrogen-bond acceptors (Lipinski definition) is 2. The molecule has 1 saturated heterocycles. The van der Waals surface area contributed by atoms with E-state index in [0.717, 1.165) is 24.6 Å². The molecule has 18 heavy (non-hydrogen) atoms. The van der Waals surface area contributed by atoms with Crippen molar-refractivity contribution in [2.24, 2.45) is 5.92 Å². The van der Waals surface area contributed by atoms with E-state index in [-0.39, 0.29) is 11.5 Å². The van der Waals surface area contributed by atoms with Gasteiger partial charge in [0, 0.05) is 12.1 Å². The van der Waals surface area contributed by atoms with Crippen LogP contribution in [0.1, 0.15) is 38.2 Å². The highest BCUT2D eigenvalue weighted by Gasteiger charge is 2.19. The van der Waals surface area contributed by atoms with Gasteiger partial charge in [0.05, 0.1) is 5.69 Å². The molecule has 1 heterocycles. The minimum Gasteiger partial charge on any atom is -0.396 e. The zero-order chi connectivity index (χ0) is 13.0. The van der Waals surface area contributed by atoms with E-state index in [0.29, 0.717) is 6.54 Å². The third-order valence-electron chi connectivity index (χ3n) is 3.91. The third kappa shape index (κ3) is 3.22. The zero-order valence-corrected chi connectivity index (χ0v) is 11.2. The van der Waals surface area contributed by atoms with E-state index >= 15 is 0 Å². The van der Waals surface area contributed by atoms with Crippen molar-refractivity contribution in [2.45, 2.75) is 39.2 Å². The number of halogens is 1. The SMILES string of the molecule is CCCC1CCN(Cc2cccc(N)c2F)CC1. The smallest absolute Gasteiger partial charge is 0.150 e. The Morgan fingerprint density at radius 3 is 2.72 bits per heavy atom. The molecule has 2 N–H and O–H groups in total. The largest absolute Gasteiger partial charge is 0.396 e. The molecule has 0 spiro atoms. The van der Waals surface area contributed by atoms with Crippen LogP contribution in [0.5, 0.6) is 0 Å². The molecular weight excluding hydrogens is 227 g/mol. The van der Waals surface area contributed by atoms with Crippen molar-refractivity contribution in [3.63, 3.8) is 0 Å². The molecule has 1 fully saturated rings. The van der Waals surface area contributed by atoms with Crippen molar-refractivity contribution in [1.29, 1.82) is 0 Å². The number of anilines is 1. The Hall–Kier alpha value is -1.09. The lowest BCUT2D eigenvalue weighted by Crippen LogP contribution is -2.33. The fourth-order valence-electron chi connectivity index (χ4n) is 2.80. The molecule has 1 aliphatic rings. The molecule has 3 heteroatoms. The van der Waals surface area contributed by atoms with Crippen molar-refractivity contribution in [2.75, 3.05) is 18.8 Å². The van der Waals surface area contributed by atoms with E-state index in [1.165, 1.54) is 25.7 Å².